The standard InChI is InChI=1S/C16H23N3/c1-4-19(13-16-17-10-11-18(16)3)12-14(2)15-8-6-5-7-9-15/h5-11,14H,4,12-13H2,1-3H3/t14-/m0/s1. The molecule has 0 N–H and O–H groups in total. The van der Waals surface area contributed by atoms with Gasteiger partial charge in [0.25, 0.3) is 0 Å². The second kappa shape index (κ2) is 6.53. The van der Waals surface area contributed by atoms with Crippen LogP contribution in [0.2, 0.25) is 0 Å². The van der Waals surface area contributed by atoms with E-state index in [4.69, 9.17) is 0 Å². The molecule has 3 heteroatoms. The summed E-state index contributed by atoms with van der Waals surface area (Å²) < 4.78 is 2.09. The average molecular weight is 257 g/mol. The van der Waals surface area contributed by atoms with E-state index in [1.807, 2.05) is 12.4 Å². The maximum atomic E-state index is 4.40. The largest absolute Gasteiger partial charge is 0.337 e. The topological polar surface area (TPSA) is 21.1 Å². The number of rotatable bonds is 6. The molecule has 1 aromatic heterocycles. The van der Waals surface area contributed by atoms with Crippen LogP contribution in [-0.4, -0.2) is 27.5 Å². The van der Waals surface area contributed by atoms with Crippen molar-refractivity contribution >= 4 is 0 Å². The van der Waals surface area contributed by atoms with Gasteiger partial charge < -0.3 is 4.57 Å². The summed E-state index contributed by atoms with van der Waals surface area (Å²) in [5.41, 5.74) is 1.40. The minimum absolute atomic E-state index is 0.543. The molecule has 0 unspecified atom stereocenters. The van der Waals surface area contributed by atoms with Crippen LogP contribution in [0.5, 0.6) is 0 Å². The Labute approximate surface area is 115 Å². The lowest BCUT2D eigenvalue weighted by atomic mass is 10.0. The van der Waals surface area contributed by atoms with E-state index in [0.29, 0.717) is 5.92 Å². The Morgan fingerprint density at radius 3 is 2.58 bits per heavy atom. The van der Waals surface area contributed by atoms with Crippen LogP contribution in [0, 0.1) is 0 Å². The quantitative estimate of drug-likeness (QED) is 0.793. The molecule has 0 aliphatic carbocycles. The molecule has 0 aliphatic heterocycles. The maximum Gasteiger partial charge on any atom is 0.122 e. The van der Waals surface area contributed by atoms with Crippen LogP contribution in [0.15, 0.2) is 42.7 Å². The molecule has 0 saturated carbocycles. The predicted octanol–water partition coefficient (Wildman–Crippen LogP) is 3.05. The van der Waals surface area contributed by atoms with Crippen LogP contribution in [0.3, 0.4) is 0 Å². The number of aryl methyl sites for hydroxylation is 1. The van der Waals surface area contributed by atoms with Gasteiger partial charge >= 0.3 is 0 Å². The third-order valence-corrected chi connectivity index (χ3v) is 3.63. The molecule has 1 heterocycles. The van der Waals surface area contributed by atoms with Crippen LogP contribution in [0.4, 0.5) is 0 Å². The van der Waals surface area contributed by atoms with Crippen molar-refractivity contribution in [3.63, 3.8) is 0 Å². The second-order valence-corrected chi connectivity index (χ2v) is 5.09. The molecular formula is C16H23N3. The molecule has 3 nitrogen and oxygen atoms in total. The Kier molecular flexibility index (Phi) is 4.74. The van der Waals surface area contributed by atoms with Gasteiger partial charge in [0, 0.05) is 26.0 Å². The van der Waals surface area contributed by atoms with E-state index in [0.717, 1.165) is 25.5 Å². The lowest BCUT2D eigenvalue weighted by Gasteiger charge is -2.24. The Morgan fingerprint density at radius 1 is 1.26 bits per heavy atom. The predicted molar refractivity (Wildman–Crippen MR) is 79.0 cm³/mol. The summed E-state index contributed by atoms with van der Waals surface area (Å²) in [6, 6.07) is 10.7. The zero-order valence-corrected chi connectivity index (χ0v) is 12.1. The van der Waals surface area contributed by atoms with Crippen molar-refractivity contribution in [3.05, 3.63) is 54.1 Å². The van der Waals surface area contributed by atoms with Gasteiger partial charge in [-0.15, -0.1) is 0 Å². The lowest BCUT2D eigenvalue weighted by molar-refractivity contribution is 0.257. The summed E-state index contributed by atoms with van der Waals surface area (Å²) in [5.74, 6) is 1.67. The molecule has 19 heavy (non-hydrogen) atoms. The van der Waals surface area contributed by atoms with Crippen LogP contribution in [0.1, 0.15) is 31.2 Å². The van der Waals surface area contributed by atoms with Crippen LogP contribution >= 0.6 is 0 Å². The highest BCUT2D eigenvalue weighted by atomic mass is 15.2. The van der Waals surface area contributed by atoms with Crippen molar-refractivity contribution in [1.82, 2.24) is 14.5 Å². The molecule has 1 aromatic carbocycles. The minimum atomic E-state index is 0.543. The molecular weight excluding hydrogens is 234 g/mol. The van der Waals surface area contributed by atoms with Gasteiger partial charge in [-0.05, 0) is 18.0 Å². The summed E-state index contributed by atoms with van der Waals surface area (Å²) in [7, 11) is 2.05. The fourth-order valence-electron chi connectivity index (χ4n) is 2.33. The minimum Gasteiger partial charge on any atom is -0.337 e. The van der Waals surface area contributed by atoms with E-state index in [1.165, 1.54) is 5.56 Å². The fourth-order valence-corrected chi connectivity index (χ4v) is 2.33. The van der Waals surface area contributed by atoms with E-state index in [-0.39, 0.29) is 0 Å². The molecule has 0 bridgehead atoms. The maximum absolute atomic E-state index is 4.40. The van der Waals surface area contributed by atoms with Gasteiger partial charge in [0.2, 0.25) is 0 Å². The molecule has 0 fully saturated rings. The van der Waals surface area contributed by atoms with E-state index < -0.39 is 0 Å². The van der Waals surface area contributed by atoms with Crippen molar-refractivity contribution in [3.8, 4) is 0 Å². The van der Waals surface area contributed by atoms with E-state index >= 15 is 0 Å². The third kappa shape index (κ3) is 3.67. The van der Waals surface area contributed by atoms with Crippen LogP contribution in [0.25, 0.3) is 0 Å². The smallest absolute Gasteiger partial charge is 0.122 e. The van der Waals surface area contributed by atoms with Gasteiger partial charge in [0.15, 0.2) is 0 Å². The summed E-state index contributed by atoms with van der Waals surface area (Å²) in [4.78, 5) is 6.85. The van der Waals surface area contributed by atoms with Gasteiger partial charge in [0.1, 0.15) is 5.82 Å². The zero-order valence-electron chi connectivity index (χ0n) is 12.1. The van der Waals surface area contributed by atoms with Crippen molar-refractivity contribution < 1.29 is 0 Å². The first kappa shape index (κ1) is 13.8. The monoisotopic (exact) mass is 257 g/mol. The number of benzene rings is 1. The van der Waals surface area contributed by atoms with E-state index in [9.17, 15) is 0 Å². The third-order valence-electron chi connectivity index (χ3n) is 3.63. The molecule has 0 saturated heterocycles. The Bertz CT molecular complexity index is 490. The van der Waals surface area contributed by atoms with Crippen molar-refractivity contribution in [2.24, 2.45) is 7.05 Å². The van der Waals surface area contributed by atoms with Gasteiger partial charge in [-0.1, -0.05) is 44.2 Å². The summed E-state index contributed by atoms with van der Waals surface area (Å²) >= 11 is 0. The molecule has 0 amide bonds. The Hall–Kier alpha value is -1.61. The molecule has 1 atom stereocenters. The number of hydrogen-bond donors (Lipinski definition) is 0. The van der Waals surface area contributed by atoms with E-state index in [1.54, 1.807) is 0 Å². The zero-order chi connectivity index (χ0) is 13.7. The Morgan fingerprint density at radius 2 is 2.00 bits per heavy atom. The number of aromatic nitrogens is 2. The van der Waals surface area contributed by atoms with Crippen molar-refractivity contribution in [2.75, 3.05) is 13.1 Å². The first-order chi connectivity index (χ1) is 9.20. The summed E-state index contributed by atoms with van der Waals surface area (Å²) in [6.07, 6.45) is 3.87. The average Bonchev–Trinajstić information content (AvgIpc) is 2.84. The van der Waals surface area contributed by atoms with Gasteiger partial charge in [0.05, 0.1) is 6.54 Å². The highest BCUT2D eigenvalue weighted by Crippen LogP contribution is 2.16. The number of imidazole rings is 1. The van der Waals surface area contributed by atoms with Crippen LogP contribution in [-0.2, 0) is 13.6 Å². The summed E-state index contributed by atoms with van der Waals surface area (Å²) in [5, 5.41) is 0. The first-order valence-corrected chi connectivity index (χ1v) is 6.94. The normalized spacial score (nSPS) is 12.8. The number of nitrogens with zero attached hydrogens (tertiary/aromatic N) is 3. The van der Waals surface area contributed by atoms with Crippen molar-refractivity contribution in [1.29, 1.82) is 0 Å². The SMILES string of the molecule is CCN(Cc1nccn1C)C[C@H](C)c1ccccc1. The van der Waals surface area contributed by atoms with Crippen molar-refractivity contribution in [2.45, 2.75) is 26.3 Å². The van der Waals surface area contributed by atoms with E-state index in [2.05, 4.69) is 65.7 Å². The highest BCUT2D eigenvalue weighted by molar-refractivity contribution is 5.19. The second-order valence-electron chi connectivity index (χ2n) is 5.09. The molecule has 2 rings (SSSR count). The molecule has 0 aliphatic rings. The molecule has 0 spiro atoms. The van der Waals surface area contributed by atoms with Gasteiger partial charge in [-0.2, -0.15) is 0 Å². The Balaban J connectivity index is 1.98. The van der Waals surface area contributed by atoms with Crippen LogP contribution < -0.4 is 0 Å². The number of likely N-dealkylation sites (N-methyl/N-ethyl adjacent to an activating group) is 1. The highest BCUT2D eigenvalue weighted by Gasteiger charge is 2.12. The van der Waals surface area contributed by atoms with Gasteiger partial charge in [-0.25, -0.2) is 4.98 Å². The lowest BCUT2D eigenvalue weighted by Crippen LogP contribution is -2.28. The van der Waals surface area contributed by atoms with Gasteiger partial charge in [-0.3, -0.25) is 4.90 Å². The summed E-state index contributed by atoms with van der Waals surface area (Å²) in [6.45, 7) is 7.52. The molecule has 0 radical (unpaired) electrons. The number of hydrogen-bond acceptors (Lipinski definition) is 2. The molecule has 102 valence electrons. The first-order valence-electron chi connectivity index (χ1n) is 6.94. The molecule has 2 aromatic rings. The fraction of sp³-hybridized carbons (Fsp3) is 0.438.